The molecule has 1 saturated carbocycles. The largest absolute Gasteiger partial charge is 0.493 e. The Morgan fingerprint density at radius 3 is 2.76 bits per heavy atom. The van der Waals surface area contributed by atoms with Crippen molar-refractivity contribution in [3.05, 3.63) is 36.2 Å². The van der Waals surface area contributed by atoms with Crippen LogP contribution < -0.4 is 20.1 Å². The van der Waals surface area contributed by atoms with Gasteiger partial charge in [-0.3, -0.25) is 14.3 Å². The maximum Gasteiger partial charge on any atom is 0.387 e. The second-order valence-electron chi connectivity index (χ2n) is 6.65. The number of rotatable bonds is 8. The summed E-state index contributed by atoms with van der Waals surface area (Å²) in [4.78, 5) is 24.6. The summed E-state index contributed by atoms with van der Waals surface area (Å²) in [7, 11) is 1.29. The molecule has 29 heavy (non-hydrogen) atoms. The van der Waals surface area contributed by atoms with Gasteiger partial charge in [0.1, 0.15) is 6.54 Å². The number of hydrogen-bond acceptors (Lipinski definition) is 5. The SMILES string of the molecule is COc1cccc(C(=O)Nc2cnn(CC(=O)NC3CCCC3)c2)c1OC(F)F. The summed E-state index contributed by atoms with van der Waals surface area (Å²) in [5.74, 6) is -1.17. The molecule has 156 valence electrons. The smallest absolute Gasteiger partial charge is 0.387 e. The fraction of sp³-hybridized carbons (Fsp3) is 0.421. The Hall–Kier alpha value is -3.17. The predicted molar refractivity (Wildman–Crippen MR) is 100 cm³/mol. The molecule has 0 saturated heterocycles. The number of aromatic nitrogens is 2. The van der Waals surface area contributed by atoms with Gasteiger partial charge in [-0.15, -0.1) is 0 Å². The van der Waals surface area contributed by atoms with Gasteiger partial charge in [0.05, 0.1) is 24.6 Å². The molecule has 1 aromatic carbocycles. The normalized spacial score (nSPS) is 14.1. The summed E-state index contributed by atoms with van der Waals surface area (Å²) in [6, 6.07) is 4.45. The van der Waals surface area contributed by atoms with Crippen LogP contribution in [0.15, 0.2) is 30.6 Å². The van der Waals surface area contributed by atoms with Crippen LogP contribution in [0.5, 0.6) is 11.5 Å². The number of nitrogens with one attached hydrogen (secondary N) is 2. The fourth-order valence-electron chi connectivity index (χ4n) is 3.27. The van der Waals surface area contributed by atoms with E-state index in [0.29, 0.717) is 5.69 Å². The van der Waals surface area contributed by atoms with Crippen LogP contribution >= 0.6 is 0 Å². The first-order valence-electron chi connectivity index (χ1n) is 9.21. The van der Waals surface area contributed by atoms with E-state index in [9.17, 15) is 18.4 Å². The van der Waals surface area contributed by atoms with E-state index in [1.165, 1.54) is 42.4 Å². The molecule has 0 aliphatic heterocycles. The molecule has 1 heterocycles. The van der Waals surface area contributed by atoms with Crippen molar-refractivity contribution >= 4 is 17.5 Å². The molecule has 1 fully saturated rings. The molecule has 10 heteroatoms. The van der Waals surface area contributed by atoms with Crippen molar-refractivity contribution in [1.29, 1.82) is 0 Å². The van der Waals surface area contributed by atoms with E-state index in [1.807, 2.05) is 0 Å². The zero-order valence-corrected chi connectivity index (χ0v) is 15.9. The first-order chi connectivity index (χ1) is 14.0. The van der Waals surface area contributed by atoms with Gasteiger partial charge in [-0.25, -0.2) is 0 Å². The van der Waals surface area contributed by atoms with Crippen LogP contribution in [0.4, 0.5) is 14.5 Å². The molecular formula is C19H22F2N4O4. The highest BCUT2D eigenvalue weighted by Crippen LogP contribution is 2.33. The molecule has 3 rings (SSSR count). The Kier molecular flexibility index (Phi) is 6.63. The van der Waals surface area contributed by atoms with E-state index in [-0.39, 0.29) is 35.6 Å². The van der Waals surface area contributed by atoms with Crippen LogP contribution in [0.25, 0.3) is 0 Å². The zero-order valence-electron chi connectivity index (χ0n) is 15.9. The second kappa shape index (κ2) is 9.35. The third kappa shape index (κ3) is 5.43. The van der Waals surface area contributed by atoms with Crippen molar-refractivity contribution in [3.8, 4) is 11.5 Å². The molecule has 1 aliphatic carbocycles. The molecule has 1 aromatic heterocycles. The lowest BCUT2D eigenvalue weighted by Crippen LogP contribution is -2.35. The number of carbonyl (C=O) groups is 2. The van der Waals surface area contributed by atoms with Crippen molar-refractivity contribution in [2.75, 3.05) is 12.4 Å². The van der Waals surface area contributed by atoms with E-state index in [4.69, 9.17) is 4.74 Å². The van der Waals surface area contributed by atoms with E-state index in [1.54, 1.807) is 0 Å². The lowest BCUT2D eigenvalue weighted by molar-refractivity contribution is -0.122. The molecule has 2 N–H and O–H groups in total. The van der Waals surface area contributed by atoms with Gasteiger partial charge in [0.2, 0.25) is 5.91 Å². The molecule has 2 amide bonds. The summed E-state index contributed by atoms with van der Waals surface area (Å²) in [6.07, 6.45) is 7.05. The number of para-hydroxylation sites is 1. The summed E-state index contributed by atoms with van der Waals surface area (Å²) in [5.41, 5.74) is 0.200. The van der Waals surface area contributed by atoms with Crippen molar-refractivity contribution in [2.45, 2.75) is 44.9 Å². The van der Waals surface area contributed by atoms with Gasteiger partial charge in [0.15, 0.2) is 11.5 Å². The van der Waals surface area contributed by atoms with Crippen molar-refractivity contribution in [2.24, 2.45) is 0 Å². The van der Waals surface area contributed by atoms with Gasteiger partial charge in [0, 0.05) is 12.2 Å². The van der Waals surface area contributed by atoms with Gasteiger partial charge in [-0.1, -0.05) is 18.9 Å². The number of amides is 2. The van der Waals surface area contributed by atoms with Crippen LogP contribution in [-0.2, 0) is 11.3 Å². The molecule has 0 spiro atoms. The molecule has 2 aromatic rings. The summed E-state index contributed by atoms with van der Waals surface area (Å²) >= 11 is 0. The lowest BCUT2D eigenvalue weighted by atomic mass is 10.1. The Labute approximate surface area is 166 Å². The Balaban J connectivity index is 1.65. The summed E-state index contributed by atoms with van der Waals surface area (Å²) in [6.45, 7) is -3.09. The highest BCUT2D eigenvalue weighted by Gasteiger charge is 2.21. The second-order valence-corrected chi connectivity index (χ2v) is 6.65. The van der Waals surface area contributed by atoms with Crippen molar-refractivity contribution in [1.82, 2.24) is 15.1 Å². The zero-order chi connectivity index (χ0) is 20.8. The van der Waals surface area contributed by atoms with Gasteiger partial charge in [0.25, 0.3) is 5.91 Å². The molecular weight excluding hydrogens is 386 g/mol. The number of nitrogens with zero attached hydrogens (tertiary/aromatic N) is 2. The fourth-order valence-corrected chi connectivity index (χ4v) is 3.27. The number of ether oxygens (including phenoxy) is 2. The van der Waals surface area contributed by atoms with Gasteiger partial charge < -0.3 is 20.1 Å². The molecule has 0 atom stereocenters. The maximum absolute atomic E-state index is 12.7. The number of hydrogen-bond donors (Lipinski definition) is 2. The molecule has 8 nitrogen and oxygen atoms in total. The number of carbonyl (C=O) groups excluding carboxylic acids is 2. The monoisotopic (exact) mass is 408 g/mol. The van der Waals surface area contributed by atoms with Gasteiger partial charge in [-0.05, 0) is 25.0 Å². The highest BCUT2D eigenvalue weighted by atomic mass is 19.3. The van der Waals surface area contributed by atoms with Crippen LogP contribution in [0.2, 0.25) is 0 Å². The molecule has 1 aliphatic rings. The number of anilines is 1. The summed E-state index contributed by atoms with van der Waals surface area (Å²) < 4.78 is 36.3. The Morgan fingerprint density at radius 2 is 2.07 bits per heavy atom. The van der Waals surface area contributed by atoms with E-state index in [2.05, 4.69) is 20.5 Å². The topological polar surface area (TPSA) is 94.5 Å². The van der Waals surface area contributed by atoms with Crippen LogP contribution in [0.3, 0.4) is 0 Å². The predicted octanol–water partition coefficient (Wildman–Crippen LogP) is 2.80. The lowest BCUT2D eigenvalue weighted by Gasteiger charge is -2.13. The number of methoxy groups -OCH3 is 1. The van der Waals surface area contributed by atoms with E-state index < -0.39 is 12.5 Å². The molecule has 0 bridgehead atoms. The first-order valence-corrected chi connectivity index (χ1v) is 9.21. The van der Waals surface area contributed by atoms with Gasteiger partial charge >= 0.3 is 6.61 Å². The van der Waals surface area contributed by atoms with Crippen LogP contribution in [0.1, 0.15) is 36.0 Å². The summed E-state index contributed by atoms with van der Waals surface area (Å²) in [5, 5.41) is 9.56. The number of benzene rings is 1. The minimum absolute atomic E-state index is 0.0113. The Bertz CT molecular complexity index is 866. The third-order valence-electron chi connectivity index (χ3n) is 4.57. The highest BCUT2D eigenvalue weighted by molar-refractivity contribution is 6.06. The van der Waals surface area contributed by atoms with Gasteiger partial charge in [-0.2, -0.15) is 13.9 Å². The number of alkyl halides is 2. The first kappa shape index (κ1) is 20.6. The standard InChI is InChI=1S/C19H22F2N4O4/c1-28-15-8-4-7-14(17(15)29-19(20)21)18(27)24-13-9-22-25(10-13)11-16(26)23-12-5-2-3-6-12/h4,7-10,12,19H,2-3,5-6,11H2,1H3,(H,23,26)(H,24,27). The average molecular weight is 408 g/mol. The Morgan fingerprint density at radius 1 is 1.31 bits per heavy atom. The average Bonchev–Trinajstić information content (AvgIpc) is 3.33. The van der Waals surface area contributed by atoms with E-state index in [0.717, 1.165) is 25.7 Å². The van der Waals surface area contributed by atoms with Crippen LogP contribution in [-0.4, -0.2) is 41.4 Å². The van der Waals surface area contributed by atoms with Crippen molar-refractivity contribution < 1.29 is 27.8 Å². The maximum atomic E-state index is 12.7. The minimum atomic E-state index is -3.11. The number of halogens is 2. The third-order valence-corrected chi connectivity index (χ3v) is 4.57. The van der Waals surface area contributed by atoms with E-state index >= 15 is 0 Å². The van der Waals surface area contributed by atoms with Crippen molar-refractivity contribution in [3.63, 3.8) is 0 Å². The van der Waals surface area contributed by atoms with Crippen LogP contribution in [0, 0.1) is 0 Å². The molecule has 0 unspecified atom stereocenters. The minimum Gasteiger partial charge on any atom is -0.493 e. The quantitative estimate of drug-likeness (QED) is 0.701. The molecule has 0 radical (unpaired) electrons.